The largest absolute Gasteiger partial charge is 0.388 e. The van der Waals surface area contributed by atoms with Crippen LogP contribution >= 0.6 is 0 Å². The maximum atomic E-state index is 12.2. The van der Waals surface area contributed by atoms with Crippen molar-refractivity contribution < 1.29 is 4.79 Å². The number of allylic oxidation sites excluding steroid dienone is 1. The Bertz CT molecular complexity index is 678. The molecule has 1 aromatic carbocycles. The van der Waals surface area contributed by atoms with Gasteiger partial charge >= 0.3 is 0 Å². The zero-order chi connectivity index (χ0) is 20.9. The first-order valence-electron chi connectivity index (χ1n) is 11.3. The summed E-state index contributed by atoms with van der Waals surface area (Å²) in [6.45, 7) is 14.1. The number of carbonyl (C=O) groups is 1. The summed E-state index contributed by atoms with van der Waals surface area (Å²) in [5.41, 5.74) is 2.56. The van der Waals surface area contributed by atoms with E-state index in [1.165, 1.54) is 36.9 Å². The number of nitrogens with one attached hydrogen (secondary N) is 2. The van der Waals surface area contributed by atoms with Gasteiger partial charge in [0.05, 0.1) is 6.54 Å². The quantitative estimate of drug-likeness (QED) is 0.724. The molecule has 0 radical (unpaired) electrons. The smallest absolute Gasteiger partial charge is 0.234 e. The van der Waals surface area contributed by atoms with Crippen molar-refractivity contribution in [2.75, 3.05) is 26.2 Å². The number of carbonyl (C=O) groups excluding carboxylic acids is 1. The lowest BCUT2D eigenvalue weighted by Gasteiger charge is -2.36. The molecular formula is C25H39N3O. The van der Waals surface area contributed by atoms with E-state index in [1.807, 2.05) is 20.8 Å². The number of rotatable bonds is 7. The lowest BCUT2D eigenvalue weighted by molar-refractivity contribution is -0.124. The van der Waals surface area contributed by atoms with Crippen LogP contribution in [0.3, 0.4) is 0 Å². The number of amides is 1. The summed E-state index contributed by atoms with van der Waals surface area (Å²) in [5.74, 6) is 0.788. The molecule has 0 spiro atoms. The molecule has 0 unspecified atom stereocenters. The molecule has 29 heavy (non-hydrogen) atoms. The second-order valence-corrected chi connectivity index (χ2v) is 10.0. The highest BCUT2D eigenvalue weighted by atomic mass is 16.2. The molecule has 1 aliphatic heterocycles. The summed E-state index contributed by atoms with van der Waals surface area (Å²) in [4.78, 5) is 14.5. The van der Waals surface area contributed by atoms with Crippen LogP contribution in [0.2, 0.25) is 0 Å². The van der Waals surface area contributed by atoms with Crippen molar-refractivity contribution in [3.63, 3.8) is 0 Å². The Balaban J connectivity index is 1.46. The molecular weight excluding hydrogens is 358 g/mol. The minimum absolute atomic E-state index is 0.104. The van der Waals surface area contributed by atoms with Crippen molar-refractivity contribution in [3.05, 3.63) is 48.2 Å². The fourth-order valence-corrected chi connectivity index (χ4v) is 4.95. The number of piperidine rings is 1. The van der Waals surface area contributed by atoms with E-state index in [-0.39, 0.29) is 16.9 Å². The van der Waals surface area contributed by atoms with Crippen LogP contribution in [-0.2, 0) is 10.2 Å². The summed E-state index contributed by atoms with van der Waals surface area (Å²) in [6, 6.07) is 10.9. The van der Waals surface area contributed by atoms with Crippen molar-refractivity contribution in [2.45, 2.75) is 70.3 Å². The third-order valence-electron chi connectivity index (χ3n) is 6.55. The summed E-state index contributed by atoms with van der Waals surface area (Å²) < 4.78 is 0. The van der Waals surface area contributed by atoms with Crippen molar-refractivity contribution in [2.24, 2.45) is 5.92 Å². The number of likely N-dealkylation sites (tertiary alicyclic amines) is 1. The lowest BCUT2D eigenvalue weighted by atomic mass is 9.76. The van der Waals surface area contributed by atoms with Gasteiger partial charge in [0.25, 0.3) is 0 Å². The Morgan fingerprint density at radius 1 is 1.14 bits per heavy atom. The molecule has 1 saturated heterocycles. The molecule has 0 bridgehead atoms. The average molecular weight is 398 g/mol. The summed E-state index contributed by atoms with van der Waals surface area (Å²) >= 11 is 0. The maximum absolute atomic E-state index is 12.2. The van der Waals surface area contributed by atoms with Gasteiger partial charge in [-0.3, -0.25) is 9.69 Å². The van der Waals surface area contributed by atoms with Gasteiger partial charge in [-0.2, -0.15) is 0 Å². The second-order valence-electron chi connectivity index (χ2n) is 10.0. The highest BCUT2D eigenvalue weighted by Crippen LogP contribution is 2.45. The first-order chi connectivity index (χ1) is 13.8. The molecule has 0 atom stereocenters. The van der Waals surface area contributed by atoms with Gasteiger partial charge in [0, 0.05) is 23.2 Å². The van der Waals surface area contributed by atoms with E-state index in [1.54, 1.807) is 0 Å². The van der Waals surface area contributed by atoms with E-state index in [0.29, 0.717) is 12.5 Å². The van der Waals surface area contributed by atoms with Crippen LogP contribution in [0.25, 0.3) is 0 Å². The van der Waals surface area contributed by atoms with Gasteiger partial charge in [-0.15, -0.1) is 0 Å². The molecule has 1 heterocycles. The normalized spacial score (nSPS) is 20.4. The predicted octanol–water partition coefficient (Wildman–Crippen LogP) is 4.23. The molecule has 4 heteroatoms. The molecule has 1 aliphatic carbocycles. The van der Waals surface area contributed by atoms with Gasteiger partial charge in [-0.25, -0.2) is 0 Å². The third-order valence-corrected chi connectivity index (χ3v) is 6.55. The molecule has 160 valence electrons. The number of benzene rings is 1. The topological polar surface area (TPSA) is 44.4 Å². The first kappa shape index (κ1) is 21.9. The van der Waals surface area contributed by atoms with Gasteiger partial charge in [-0.05, 0) is 71.0 Å². The van der Waals surface area contributed by atoms with E-state index < -0.39 is 0 Å². The molecule has 2 fully saturated rings. The van der Waals surface area contributed by atoms with Crippen LogP contribution in [0, 0.1) is 5.92 Å². The highest BCUT2D eigenvalue weighted by molar-refractivity contribution is 5.78. The van der Waals surface area contributed by atoms with E-state index in [4.69, 9.17) is 0 Å². The molecule has 1 aromatic rings. The van der Waals surface area contributed by atoms with Crippen molar-refractivity contribution in [1.82, 2.24) is 15.5 Å². The molecule has 2 aliphatic rings. The monoisotopic (exact) mass is 397 g/mol. The molecule has 1 saturated carbocycles. The average Bonchev–Trinajstić information content (AvgIpc) is 3.17. The Labute approximate surface area is 177 Å². The Morgan fingerprint density at radius 2 is 1.76 bits per heavy atom. The summed E-state index contributed by atoms with van der Waals surface area (Å²) in [7, 11) is 0. The summed E-state index contributed by atoms with van der Waals surface area (Å²) in [6.07, 6.45) is 7.24. The Kier molecular flexibility index (Phi) is 7.05. The molecule has 4 nitrogen and oxygen atoms in total. The Morgan fingerprint density at radius 3 is 2.34 bits per heavy atom. The standard InChI is InChI=1S/C25H39N3O/c1-20(25(14-8-9-15-25)22-10-6-5-7-11-22)26-18-21-12-16-28(17-13-21)19-23(29)27-24(2,3)4/h5-7,10-11,21,26H,1,8-9,12-19H2,2-4H3,(H,27,29). The predicted molar refractivity (Wildman–Crippen MR) is 121 cm³/mol. The van der Waals surface area contributed by atoms with Crippen LogP contribution in [0.1, 0.15) is 64.9 Å². The van der Waals surface area contributed by atoms with Crippen LogP contribution in [0.5, 0.6) is 0 Å². The first-order valence-corrected chi connectivity index (χ1v) is 11.3. The third kappa shape index (κ3) is 5.85. The number of hydrogen-bond donors (Lipinski definition) is 2. The SMILES string of the molecule is C=C(NCC1CCN(CC(=O)NC(C)(C)C)CC1)C1(c2ccccc2)CCCC1. The zero-order valence-corrected chi connectivity index (χ0v) is 18.6. The molecule has 3 rings (SSSR count). The van der Waals surface area contributed by atoms with Crippen LogP contribution in [-0.4, -0.2) is 42.5 Å². The van der Waals surface area contributed by atoms with Crippen molar-refractivity contribution in [1.29, 1.82) is 0 Å². The highest BCUT2D eigenvalue weighted by Gasteiger charge is 2.38. The molecule has 1 amide bonds. The fraction of sp³-hybridized carbons (Fsp3) is 0.640. The van der Waals surface area contributed by atoms with E-state index >= 15 is 0 Å². The zero-order valence-electron chi connectivity index (χ0n) is 18.6. The minimum Gasteiger partial charge on any atom is -0.388 e. The van der Waals surface area contributed by atoms with Gasteiger partial charge in [0.15, 0.2) is 0 Å². The van der Waals surface area contributed by atoms with Crippen LogP contribution < -0.4 is 10.6 Å². The van der Waals surface area contributed by atoms with Crippen molar-refractivity contribution >= 4 is 5.91 Å². The van der Waals surface area contributed by atoms with Gasteiger partial charge in [0.2, 0.25) is 5.91 Å². The van der Waals surface area contributed by atoms with Gasteiger partial charge in [0.1, 0.15) is 0 Å². The molecule has 2 N–H and O–H groups in total. The van der Waals surface area contributed by atoms with Gasteiger partial charge in [-0.1, -0.05) is 49.8 Å². The maximum Gasteiger partial charge on any atom is 0.234 e. The summed E-state index contributed by atoms with van der Waals surface area (Å²) in [5, 5.41) is 6.79. The van der Waals surface area contributed by atoms with Gasteiger partial charge < -0.3 is 10.6 Å². The van der Waals surface area contributed by atoms with E-state index in [2.05, 4.69) is 52.4 Å². The minimum atomic E-state index is -0.158. The Hall–Kier alpha value is -1.81. The van der Waals surface area contributed by atoms with Crippen LogP contribution in [0.15, 0.2) is 42.6 Å². The fourth-order valence-electron chi connectivity index (χ4n) is 4.95. The second kappa shape index (κ2) is 9.34. The van der Waals surface area contributed by atoms with E-state index in [9.17, 15) is 4.79 Å². The lowest BCUT2D eigenvalue weighted by Crippen LogP contribution is -2.48. The van der Waals surface area contributed by atoms with Crippen LogP contribution in [0.4, 0.5) is 0 Å². The van der Waals surface area contributed by atoms with Crippen molar-refractivity contribution in [3.8, 4) is 0 Å². The number of hydrogen-bond acceptors (Lipinski definition) is 3. The molecule has 0 aromatic heterocycles. The van der Waals surface area contributed by atoms with E-state index in [0.717, 1.165) is 32.5 Å². The number of nitrogens with zero attached hydrogens (tertiary/aromatic N) is 1.